The third-order valence-corrected chi connectivity index (χ3v) is 2.68. The molecule has 0 N–H and O–H groups in total. The molecule has 1 heterocycles. The average molecular weight is 223 g/mol. The van der Waals surface area contributed by atoms with Crippen LogP contribution in [0.2, 0.25) is 5.02 Å². The molecule has 2 aromatic rings. The number of fused-ring (bicyclic) bond motifs is 1. The zero-order chi connectivity index (χ0) is 11.0. The normalized spacial score (nSPS) is 11.5. The highest BCUT2D eigenvalue weighted by Crippen LogP contribution is 2.21. The van der Waals surface area contributed by atoms with Crippen LogP contribution in [0.1, 0.15) is 19.7 Å². The van der Waals surface area contributed by atoms with Crippen molar-refractivity contribution in [2.45, 2.75) is 27.3 Å². The van der Waals surface area contributed by atoms with Gasteiger partial charge in [0.15, 0.2) is 0 Å². The van der Waals surface area contributed by atoms with Gasteiger partial charge in [-0.15, -0.1) is 0 Å². The lowest BCUT2D eigenvalue weighted by molar-refractivity contribution is 0.524. The molecule has 15 heavy (non-hydrogen) atoms. The summed E-state index contributed by atoms with van der Waals surface area (Å²) in [5.41, 5.74) is 2.16. The van der Waals surface area contributed by atoms with Crippen molar-refractivity contribution in [2.24, 2.45) is 5.92 Å². The summed E-state index contributed by atoms with van der Waals surface area (Å²) in [5.74, 6) is 1.68. The molecule has 2 rings (SSSR count). The van der Waals surface area contributed by atoms with Crippen LogP contribution in [0.3, 0.4) is 0 Å². The van der Waals surface area contributed by atoms with Gasteiger partial charge in [0.2, 0.25) is 0 Å². The highest BCUT2D eigenvalue weighted by Gasteiger charge is 2.08. The zero-order valence-corrected chi connectivity index (χ0v) is 10.0. The van der Waals surface area contributed by atoms with Crippen molar-refractivity contribution in [3.63, 3.8) is 0 Å². The van der Waals surface area contributed by atoms with Gasteiger partial charge in [0.05, 0.1) is 11.0 Å². The SMILES string of the molecule is Cc1nc2cc(Cl)ccc2n1CC(C)C. The van der Waals surface area contributed by atoms with Crippen LogP contribution in [0.25, 0.3) is 11.0 Å². The van der Waals surface area contributed by atoms with Gasteiger partial charge in [-0.05, 0) is 31.0 Å². The molecule has 0 saturated heterocycles. The van der Waals surface area contributed by atoms with Crippen LogP contribution in [-0.2, 0) is 6.54 Å². The first-order valence-corrected chi connectivity index (χ1v) is 5.58. The predicted octanol–water partition coefficient (Wildman–Crippen LogP) is 3.65. The van der Waals surface area contributed by atoms with E-state index >= 15 is 0 Å². The largest absolute Gasteiger partial charge is 0.328 e. The van der Waals surface area contributed by atoms with Crippen molar-refractivity contribution in [2.75, 3.05) is 0 Å². The fourth-order valence-corrected chi connectivity index (χ4v) is 1.99. The van der Waals surface area contributed by atoms with Gasteiger partial charge in [-0.3, -0.25) is 0 Å². The molecule has 80 valence electrons. The van der Waals surface area contributed by atoms with Gasteiger partial charge in [0.1, 0.15) is 5.82 Å². The molecule has 0 saturated carbocycles. The van der Waals surface area contributed by atoms with Gasteiger partial charge in [-0.2, -0.15) is 0 Å². The highest BCUT2D eigenvalue weighted by atomic mass is 35.5. The van der Waals surface area contributed by atoms with Crippen LogP contribution in [0, 0.1) is 12.8 Å². The minimum Gasteiger partial charge on any atom is -0.328 e. The van der Waals surface area contributed by atoms with E-state index in [9.17, 15) is 0 Å². The second-order valence-electron chi connectivity index (χ2n) is 4.30. The molecular weight excluding hydrogens is 208 g/mol. The maximum absolute atomic E-state index is 5.94. The van der Waals surface area contributed by atoms with Crippen LogP contribution in [0.15, 0.2) is 18.2 Å². The molecule has 0 aliphatic rings. The first kappa shape index (κ1) is 10.5. The van der Waals surface area contributed by atoms with Gasteiger partial charge in [-0.25, -0.2) is 4.98 Å². The molecule has 0 atom stereocenters. The van der Waals surface area contributed by atoms with Crippen molar-refractivity contribution in [3.8, 4) is 0 Å². The minimum atomic E-state index is 0.622. The van der Waals surface area contributed by atoms with Crippen molar-refractivity contribution in [1.29, 1.82) is 0 Å². The van der Waals surface area contributed by atoms with E-state index in [1.54, 1.807) is 0 Å². The van der Waals surface area contributed by atoms with Crippen molar-refractivity contribution >= 4 is 22.6 Å². The number of benzene rings is 1. The van der Waals surface area contributed by atoms with Gasteiger partial charge in [0.25, 0.3) is 0 Å². The summed E-state index contributed by atoms with van der Waals surface area (Å²) in [6.45, 7) is 7.46. The second kappa shape index (κ2) is 3.86. The maximum Gasteiger partial charge on any atom is 0.106 e. The number of rotatable bonds is 2. The van der Waals surface area contributed by atoms with Gasteiger partial charge < -0.3 is 4.57 Å². The molecule has 0 radical (unpaired) electrons. The van der Waals surface area contributed by atoms with E-state index in [4.69, 9.17) is 11.6 Å². The Hall–Kier alpha value is -1.02. The minimum absolute atomic E-state index is 0.622. The fraction of sp³-hybridized carbons (Fsp3) is 0.417. The Bertz CT molecular complexity index is 486. The maximum atomic E-state index is 5.94. The molecule has 1 aromatic heterocycles. The number of aromatic nitrogens is 2. The van der Waals surface area contributed by atoms with Crippen LogP contribution in [0.5, 0.6) is 0 Å². The summed E-state index contributed by atoms with van der Waals surface area (Å²) in [6, 6.07) is 5.88. The summed E-state index contributed by atoms with van der Waals surface area (Å²) in [7, 11) is 0. The number of halogens is 1. The van der Waals surface area contributed by atoms with Crippen molar-refractivity contribution in [1.82, 2.24) is 9.55 Å². The Morgan fingerprint density at radius 2 is 2.13 bits per heavy atom. The average Bonchev–Trinajstić information content (AvgIpc) is 2.41. The molecule has 0 spiro atoms. The standard InChI is InChI=1S/C12H15ClN2/c1-8(2)7-15-9(3)14-11-6-10(13)4-5-12(11)15/h4-6,8H,7H2,1-3H3. The van der Waals surface area contributed by atoms with E-state index < -0.39 is 0 Å². The number of hydrogen-bond acceptors (Lipinski definition) is 1. The first-order valence-electron chi connectivity index (χ1n) is 5.20. The van der Waals surface area contributed by atoms with E-state index in [2.05, 4.69) is 23.4 Å². The number of aryl methyl sites for hydroxylation is 1. The van der Waals surface area contributed by atoms with Crippen LogP contribution < -0.4 is 0 Å². The lowest BCUT2D eigenvalue weighted by Crippen LogP contribution is -2.05. The third kappa shape index (κ3) is 2.00. The number of nitrogens with zero attached hydrogens (tertiary/aromatic N) is 2. The van der Waals surface area contributed by atoms with E-state index in [0.29, 0.717) is 5.92 Å². The molecule has 0 aliphatic heterocycles. The molecule has 0 bridgehead atoms. The Labute approximate surface area is 94.9 Å². The molecule has 0 unspecified atom stereocenters. The molecule has 1 aromatic carbocycles. The highest BCUT2D eigenvalue weighted by molar-refractivity contribution is 6.31. The van der Waals surface area contributed by atoms with E-state index in [0.717, 1.165) is 22.9 Å². The van der Waals surface area contributed by atoms with E-state index in [1.807, 2.05) is 25.1 Å². The Kier molecular flexibility index (Phi) is 2.70. The van der Waals surface area contributed by atoms with Crippen LogP contribution in [-0.4, -0.2) is 9.55 Å². The molecule has 3 heteroatoms. The van der Waals surface area contributed by atoms with Gasteiger partial charge in [-0.1, -0.05) is 25.4 Å². The molecular formula is C12H15ClN2. The predicted molar refractivity (Wildman–Crippen MR) is 64.3 cm³/mol. The summed E-state index contributed by atoms with van der Waals surface area (Å²) in [4.78, 5) is 4.51. The van der Waals surface area contributed by atoms with Crippen LogP contribution >= 0.6 is 11.6 Å². The third-order valence-electron chi connectivity index (χ3n) is 2.45. The smallest absolute Gasteiger partial charge is 0.106 e. The topological polar surface area (TPSA) is 17.8 Å². The molecule has 0 amide bonds. The zero-order valence-electron chi connectivity index (χ0n) is 9.29. The first-order chi connectivity index (χ1) is 7.08. The summed E-state index contributed by atoms with van der Waals surface area (Å²) >= 11 is 5.94. The quantitative estimate of drug-likeness (QED) is 0.759. The molecule has 0 aliphatic carbocycles. The fourth-order valence-electron chi connectivity index (χ4n) is 1.82. The summed E-state index contributed by atoms with van der Waals surface area (Å²) in [5, 5.41) is 0.747. The monoisotopic (exact) mass is 222 g/mol. The number of hydrogen-bond donors (Lipinski definition) is 0. The van der Waals surface area contributed by atoms with Gasteiger partial charge in [0, 0.05) is 11.6 Å². The number of imidazole rings is 1. The second-order valence-corrected chi connectivity index (χ2v) is 4.73. The Balaban J connectivity index is 2.58. The molecule has 0 fully saturated rings. The molecule has 2 nitrogen and oxygen atoms in total. The summed E-state index contributed by atoms with van der Waals surface area (Å²) in [6.07, 6.45) is 0. The Morgan fingerprint density at radius 1 is 1.40 bits per heavy atom. The van der Waals surface area contributed by atoms with E-state index in [1.165, 1.54) is 5.52 Å². The van der Waals surface area contributed by atoms with Gasteiger partial charge >= 0.3 is 0 Å². The lowest BCUT2D eigenvalue weighted by atomic mass is 10.2. The van der Waals surface area contributed by atoms with Crippen molar-refractivity contribution < 1.29 is 0 Å². The summed E-state index contributed by atoms with van der Waals surface area (Å²) < 4.78 is 2.25. The van der Waals surface area contributed by atoms with Crippen LogP contribution in [0.4, 0.5) is 0 Å². The Morgan fingerprint density at radius 3 is 2.80 bits per heavy atom. The van der Waals surface area contributed by atoms with Crippen molar-refractivity contribution in [3.05, 3.63) is 29.0 Å². The van der Waals surface area contributed by atoms with E-state index in [-0.39, 0.29) is 0 Å². The lowest BCUT2D eigenvalue weighted by Gasteiger charge is -2.09.